The summed E-state index contributed by atoms with van der Waals surface area (Å²) in [5.41, 5.74) is 8.37. The van der Waals surface area contributed by atoms with E-state index < -0.39 is 0 Å². The first kappa shape index (κ1) is 14.4. The Labute approximate surface area is 126 Å². The lowest BCUT2D eigenvalue weighted by molar-refractivity contribution is -0.120. The molecule has 2 aliphatic heterocycles. The number of nitrogens with zero attached hydrogens (tertiary/aromatic N) is 2. The average Bonchev–Trinajstić information content (AvgIpc) is 2.88. The highest BCUT2D eigenvalue weighted by Gasteiger charge is 2.32. The van der Waals surface area contributed by atoms with Gasteiger partial charge in [-0.3, -0.25) is 9.69 Å². The van der Waals surface area contributed by atoms with Gasteiger partial charge in [0.15, 0.2) is 0 Å². The highest BCUT2D eigenvalue weighted by atomic mass is 16.2. The molecule has 0 aliphatic carbocycles. The lowest BCUT2D eigenvalue weighted by Gasteiger charge is -2.32. The number of nitrogens with one attached hydrogen (secondary N) is 1. The van der Waals surface area contributed by atoms with Crippen molar-refractivity contribution < 1.29 is 4.79 Å². The van der Waals surface area contributed by atoms with E-state index >= 15 is 0 Å². The Morgan fingerprint density at radius 3 is 2.90 bits per heavy atom. The molecule has 2 fully saturated rings. The third-order valence-corrected chi connectivity index (χ3v) is 4.64. The van der Waals surface area contributed by atoms with Crippen LogP contribution in [-0.2, 0) is 4.79 Å². The molecule has 3 N–H and O–H groups in total. The summed E-state index contributed by atoms with van der Waals surface area (Å²) in [4.78, 5) is 16.2. The monoisotopic (exact) mass is 288 g/mol. The van der Waals surface area contributed by atoms with Crippen LogP contribution in [0.3, 0.4) is 0 Å². The summed E-state index contributed by atoms with van der Waals surface area (Å²) in [5.74, 6) is 0.674. The van der Waals surface area contributed by atoms with Crippen molar-refractivity contribution >= 4 is 11.6 Å². The minimum Gasteiger partial charge on any atom is -0.360 e. The standard InChI is InChI=1S/C16H24N4O/c1-19-10-12(9-17)8-15(19)13-4-2-3-5-14(13)20-7-6-18-16(21)11-20/h2-5,12,15H,6-11,17H2,1H3,(H,18,21). The summed E-state index contributed by atoms with van der Waals surface area (Å²) >= 11 is 0. The fraction of sp³-hybridized carbons (Fsp3) is 0.562. The molecule has 114 valence electrons. The molecule has 0 saturated carbocycles. The van der Waals surface area contributed by atoms with Crippen molar-refractivity contribution in [2.75, 3.05) is 44.7 Å². The Morgan fingerprint density at radius 2 is 2.19 bits per heavy atom. The van der Waals surface area contributed by atoms with Crippen LogP contribution < -0.4 is 16.0 Å². The molecule has 2 atom stereocenters. The van der Waals surface area contributed by atoms with Crippen molar-refractivity contribution in [1.82, 2.24) is 10.2 Å². The van der Waals surface area contributed by atoms with Crippen LogP contribution in [0.4, 0.5) is 5.69 Å². The molecule has 0 radical (unpaired) electrons. The van der Waals surface area contributed by atoms with Gasteiger partial charge in [0, 0.05) is 31.4 Å². The second-order valence-corrected chi connectivity index (χ2v) is 6.12. The average molecular weight is 288 g/mol. The summed E-state index contributed by atoms with van der Waals surface area (Å²) in [6.45, 7) is 3.84. The zero-order valence-corrected chi connectivity index (χ0v) is 12.6. The molecule has 21 heavy (non-hydrogen) atoms. The summed E-state index contributed by atoms with van der Waals surface area (Å²) < 4.78 is 0. The molecule has 1 aromatic rings. The minimum atomic E-state index is 0.107. The maximum absolute atomic E-state index is 11.7. The van der Waals surface area contributed by atoms with Crippen molar-refractivity contribution in [3.05, 3.63) is 29.8 Å². The molecular weight excluding hydrogens is 264 g/mol. The predicted molar refractivity (Wildman–Crippen MR) is 84.2 cm³/mol. The number of nitrogens with two attached hydrogens (primary N) is 1. The number of likely N-dealkylation sites (tertiary alicyclic amines) is 1. The third-order valence-electron chi connectivity index (χ3n) is 4.64. The van der Waals surface area contributed by atoms with Crippen LogP contribution >= 0.6 is 0 Å². The molecule has 2 saturated heterocycles. The van der Waals surface area contributed by atoms with E-state index in [9.17, 15) is 4.79 Å². The summed E-state index contributed by atoms with van der Waals surface area (Å²) in [6.07, 6.45) is 1.10. The Balaban J connectivity index is 1.87. The molecule has 5 heteroatoms. The Bertz CT molecular complexity index is 519. The summed E-state index contributed by atoms with van der Waals surface area (Å²) in [7, 11) is 2.17. The molecule has 0 bridgehead atoms. The Hall–Kier alpha value is -1.59. The van der Waals surface area contributed by atoms with Gasteiger partial charge in [-0.15, -0.1) is 0 Å². The van der Waals surface area contributed by atoms with Crippen molar-refractivity contribution in [2.45, 2.75) is 12.5 Å². The van der Waals surface area contributed by atoms with Crippen LogP contribution in [0.2, 0.25) is 0 Å². The van der Waals surface area contributed by atoms with Crippen molar-refractivity contribution in [1.29, 1.82) is 0 Å². The molecule has 3 rings (SSSR count). The van der Waals surface area contributed by atoms with Gasteiger partial charge >= 0.3 is 0 Å². The smallest absolute Gasteiger partial charge is 0.239 e. The topological polar surface area (TPSA) is 61.6 Å². The van der Waals surface area contributed by atoms with Crippen LogP contribution in [0.1, 0.15) is 18.0 Å². The fourth-order valence-electron chi connectivity index (χ4n) is 3.54. The maximum atomic E-state index is 11.7. The lowest BCUT2D eigenvalue weighted by atomic mass is 9.97. The number of hydrogen-bond acceptors (Lipinski definition) is 4. The molecule has 2 aliphatic rings. The predicted octanol–water partition coefficient (Wildman–Crippen LogP) is 0.574. The van der Waals surface area contributed by atoms with E-state index in [4.69, 9.17) is 5.73 Å². The Kier molecular flexibility index (Phi) is 4.12. The van der Waals surface area contributed by atoms with Gasteiger partial charge in [0.25, 0.3) is 0 Å². The first-order valence-corrected chi connectivity index (χ1v) is 7.70. The number of carbonyl (C=O) groups is 1. The number of benzene rings is 1. The van der Waals surface area contributed by atoms with Crippen LogP contribution in [0, 0.1) is 5.92 Å². The fourth-order valence-corrected chi connectivity index (χ4v) is 3.54. The molecule has 2 unspecified atom stereocenters. The first-order valence-electron chi connectivity index (χ1n) is 7.70. The van der Waals surface area contributed by atoms with Gasteiger partial charge in [0.05, 0.1) is 6.54 Å². The van der Waals surface area contributed by atoms with E-state index in [-0.39, 0.29) is 5.91 Å². The molecule has 1 aromatic carbocycles. The van der Waals surface area contributed by atoms with E-state index in [0.29, 0.717) is 18.5 Å². The van der Waals surface area contributed by atoms with Gasteiger partial charge in [0.1, 0.15) is 0 Å². The summed E-state index contributed by atoms with van der Waals surface area (Å²) in [6, 6.07) is 8.88. The lowest BCUT2D eigenvalue weighted by Crippen LogP contribution is -2.48. The molecule has 1 amide bonds. The number of carbonyl (C=O) groups excluding carboxylic acids is 1. The van der Waals surface area contributed by atoms with Gasteiger partial charge in [-0.05, 0) is 37.6 Å². The van der Waals surface area contributed by atoms with Gasteiger partial charge in [-0.25, -0.2) is 0 Å². The minimum absolute atomic E-state index is 0.107. The van der Waals surface area contributed by atoms with Crippen molar-refractivity contribution in [2.24, 2.45) is 11.7 Å². The van der Waals surface area contributed by atoms with Gasteiger partial charge in [-0.1, -0.05) is 18.2 Å². The highest BCUT2D eigenvalue weighted by Crippen LogP contribution is 2.38. The second kappa shape index (κ2) is 6.03. The van der Waals surface area contributed by atoms with Crippen LogP contribution in [-0.4, -0.2) is 50.6 Å². The van der Waals surface area contributed by atoms with Crippen LogP contribution in [0.15, 0.2) is 24.3 Å². The highest BCUT2D eigenvalue weighted by molar-refractivity contribution is 5.83. The van der Waals surface area contributed by atoms with Gasteiger partial charge in [-0.2, -0.15) is 0 Å². The van der Waals surface area contributed by atoms with Gasteiger partial charge < -0.3 is 16.0 Å². The maximum Gasteiger partial charge on any atom is 0.239 e. The zero-order valence-electron chi connectivity index (χ0n) is 12.6. The van der Waals surface area contributed by atoms with Crippen LogP contribution in [0.5, 0.6) is 0 Å². The van der Waals surface area contributed by atoms with E-state index in [1.54, 1.807) is 0 Å². The number of rotatable bonds is 3. The zero-order chi connectivity index (χ0) is 14.8. The number of para-hydroxylation sites is 1. The second-order valence-electron chi connectivity index (χ2n) is 6.12. The van der Waals surface area contributed by atoms with Crippen LogP contribution in [0.25, 0.3) is 0 Å². The van der Waals surface area contributed by atoms with Crippen molar-refractivity contribution in [3.8, 4) is 0 Å². The van der Waals surface area contributed by atoms with Crippen molar-refractivity contribution in [3.63, 3.8) is 0 Å². The van der Waals surface area contributed by atoms with E-state index in [1.165, 1.54) is 11.3 Å². The molecule has 5 nitrogen and oxygen atoms in total. The number of hydrogen-bond donors (Lipinski definition) is 2. The number of anilines is 1. The van der Waals surface area contributed by atoms with E-state index in [0.717, 1.165) is 32.6 Å². The third kappa shape index (κ3) is 2.89. The largest absolute Gasteiger partial charge is 0.360 e. The normalized spacial score (nSPS) is 27.0. The SMILES string of the molecule is CN1CC(CN)CC1c1ccccc1N1CCNC(=O)C1. The van der Waals surface area contributed by atoms with E-state index in [1.807, 2.05) is 0 Å². The molecule has 0 spiro atoms. The van der Waals surface area contributed by atoms with E-state index in [2.05, 4.69) is 46.4 Å². The molecular formula is C16H24N4O. The first-order chi connectivity index (χ1) is 10.2. The number of piperazine rings is 1. The Morgan fingerprint density at radius 1 is 1.38 bits per heavy atom. The number of amides is 1. The summed E-state index contributed by atoms with van der Waals surface area (Å²) in [5, 5.41) is 2.89. The molecule has 0 aromatic heterocycles. The van der Waals surface area contributed by atoms with Gasteiger partial charge in [0.2, 0.25) is 5.91 Å². The molecule has 2 heterocycles. The quantitative estimate of drug-likeness (QED) is 0.854.